The molecule has 0 aliphatic heterocycles. The lowest BCUT2D eigenvalue weighted by molar-refractivity contribution is -0.145. The number of aryl methyl sites for hydroxylation is 1. The number of carbonyl (C=O) groups is 1. The molecule has 0 bridgehead atoms. The van der Waals surface area contributed by atoms with E-state index in [1.54, 1.807) is 6.92 Å². The monoisotopic (exact) mass is 303 g/mol. The largest absolute Gasteiger partial charge is 0.481 e. The van der Waals surface area contributed by atoms with Crippen LogP contribution in [0.1, 0.15) is 18.4 Å². The number of aliphatic carboxylic acids is 1. The minimum absolute atomic E-state index is 0.146. The van der Waals surface area contributed by atoms with E-state index in [2.05, 4.69) is 4.72 Å². The average molecular weight is 304 g/mol. The van der Waals surface area contributed by atoms with Crippen molar-refractivity contribution in [3.05, 3.63) is 28.8 Å². The third kappa shape index (κ3) is 3.08. The van der Waals surface area contributed by atoms with E-state index in [-0.39, 0.29) is 10.9 Å². The van der Waals surface area contributed by atoms with Crippen LogP contribution in [-0.2, 0) is 14.8 Å². The molecule has 1 saturated carbocycles. The third-order valence-corrected chi connectivity index (χ3v) is 5.19. The van der Waals surface area contributed by atoms with E-state index in [9.17, 15) is 13.2 Å². The molecule has 0 radical (unpaired) electrons. The van der Waals surface area contributed by atoms with Crippen molar-refractivity contribution in [1.82, 2.24) is 4.72 Å². The first-order valence-corrected chi connectivity index (χ1v) is 7.67. The maximum Gasteiger partial charge on any atom is 0.306 e. The lowest BCUT2D eigenvalue weighted by Crippen LogP contribution is -2.46. The molecule has 1 fully saturated rings. The molecule has 104 valence electrons. The standard InChI is InChI=1S/C12H14ClNO4S/c1-7-4-10(2-3-11(7)13)19(17,18)14-9-5-8(6-9)12(15)16/h2-4,8-9,14H,5-6H2,1H3,(H,15,16). The van der Waals surface area contributed by atoms with Gasteiger partial charge in [0, 0.05) is 11.1 Å². The van der Waals surface area contributed by atoms with Crippen molar-refractivity contribution in [3.63, 3.8) is 0 Å². The maximum atomic E-state index is 12.1. The Bertz CT molecular complexity index is 608. The summed E-state index contributed by atoms with van der Waals surface area (Å²) in [4.78, 5) is 10.8. The Morgan fingerprint density at radius 2 is 2.05 bits per heavy atom. The van der Waals surface area contributed by atoms with Gasteiger partial charge >= 0.3 is 5.97 Å². The summed E-state index contributed by atoms with van der Waals surface area (Å²) in [5.41, 5.74) is 0.682. The van der Waals surface area contributed by atoms with Gasteiger partial charge in [0.15, 0.2) is 0 Å². The summed E-state index contributed by atoms with van der Waals surface area (Å²) in [6.45, 7) is 1.73. The smallest absolute Gasteiger partial charge is 0.306 e. The summed E-state index contributed by atoms with van der Waals surface area (Å²) in [7, 11) is -3.61. The van der Waals surface area contributed by atoms with Crippen LogP contribution in [-0.4, -0.2) is 25.5 Å². The van der Waals surface area contributed by atoms with Crippen molar-refractivity contribution >= 4 is 27.6 Å². The van der Waals surface area contributed by atoms with Gasteiger partial charge in [-0.3, -0.25) is 4.79 Å². The predicted octanol–water partition coefficient (Wildman–Crippen LogP) is 1.79. The van der Waals surface area contributed by atoms with Crippen LogP contribution in [0.3, 0.4) is 0 Å². The van der Waals surface area contributed by atoms with Crippen LogP contribution in [0.5, 0.6) is 0 Å². The molecule has 1 aromatic rings. The molecular weight excluding hydrogens is 290 g/mol. The number of sulfonamides is 1. The van der Waals surface area contributed by atoms with Crippen molar-refractivity contribution in [2.75, 3.05) is 0 Å². The molecule has 1 aromatic carbocycles. The van der Waals surface area contributed by atoms with E-state index in [1.807, 2.05) is 0 Å². The fourth-order valence-electron chi connectivity index (χ4n) is 1.99. The van der Waals surface area contributed by atoms with Gasteiger partial charge in [0.2, 0.25) is 10.0 Å². The summed E-state index contributed by atoms with van der Waals surface area (Å²) in [6, 6.07) is 4.16. The number of carboxylic acids is 1. The molecule has 2 rings (SSSR count). The maximum absolute atomic E-state index is 12.1. The molecule has 0 aromatic heterocycles. The van der Waals surface area contributed by atoms with Crippen molar-refractivity contribution in [1.29, 1.82) is 0 Å². The number of hydrogen-bond acceptors (Lipinski definition) is 3. The van der Waals surface area contributed by atoms with Gasteiger partial charge in [0.25, 0.3) is 0 Å². The second-order valence-electron chi connectivity index (χ2n) is 4.74. The molecule has 5 nitrogen and oxygen atoms in total. The Hall–Kier alpha value is -1.11. The van der Waals surface area contributed by atoms with E-state index < -0.39 is 21.9 Å². The second kappa shape index (κ2) is 5.11. The molecular formula is C12H14ClNO4S. The Kier molecular flexibility index (Phi) is 3.85. The van der Waals surface area contributed by atoms with Gasteiger partial charge in [0.05, 0.1) is 10.8 Å². The second-order valence-corrected chi connectivity index (χ2v) is 6.86. The van der Waals surface area contributed by atoms with E-state index in [0.29, 0.717) is 23.4 Å². The highest BCUT2D eigenvalue weighted by molar-refractivity contribution is 7.89. The predicted molar refractivity (Wildman–Crippen MR) is 70.7 cm³/mol. The summed E-state index contributed by atoms with van der Waals surface area (Å²) < 4.78 is 26.7. The quantitative estimate of drug-likeness (QED) is 0.888. The third-order valence-electron chi connectivity index (χ3n) is 3.25. The SMILES string of the molecule is Cc1cc(S(=O)(=O)NC2CC(C(=O)O)C2)ccc1Cl. The summed E-state index contributed by atoms with van der Waals surface area (Å²) in [6.07, 6.45) is 0.669. The zero-order valence-corrected chi connectivity index (χ0v) is 11.8. The van der Waals surface area contributed by atoms with Crippen LogP contribution >= 0.6 is 11.6 Å². The van der Waals surface area contributed by atoms with Crippen LogP contribution in [0, 0.1) is 12.8 Å². The summed E-state index contributed by atoms with van der Waals surface area (Å²) >= 11 is 5.85. The molecule has 0 unspecified atom stereocenters. The highest BCUT2D eigenvalue weighted by atomic mass is 35.5. The van der Waals surface area contributed by atoms with Gasteiger partial charge in [-0.1, -0.05) is 11.6 Å². The van der Waals surface area contributed by atoms with Crippen LogP contribution in [0.15, 0.2) is 23.1 Å². The first-order chi connectivity index (χ1) is 8.79. The number of rotatable bonds is 4. The Morgan fingerprint density at radius 3 is 2.58 bits per heavy atom. The molecule has 1 aliphatic rings. The number of carboxylic acid groups (broad SMARTS) is 1. The van der Waals surface area contributed by atoms with Gasteiger partial charge in [-0.2, -0.15) is 0 Å². The minimum atomic E-state index is -3.61. The zero-order chi connectivity index (χ0) is 14.2. The van der Waals surface area contributed by atoms with Gasteiger partial charge < -0.3 is 5.11 Å². The summed E-state index contributed by atoms with van der Waals surface area (Å²) in [5, 5.41) is 9.25. The van der Waals surface area contributed by atoms with Crippen molar-refractivity contribution < 1.29 is 18.3 Å². The Labute approximate surface area is 116 Å². The average Bonchev–Trinajstić information content (AvgIpc) is 2.26. The lowest BCUT2D eigenvalue weighted by atomic mass is 9.81. The molecule has 0 amide bonds. The first kappa shape index (κ1) is 14.3. The van der Waals surface area contributed by atoms with Gasteiger partial charge in [-0.05, 0) is 43.5 Å². The topological polar surface area (TPSA) is 83.5 Å². The molecule has 0 spiro atoms. The minimum Gasteiger partial charge on any atom is -0.481 e. The van der Waals surface area contributed by atoms with Gasteiger partial charge in [-0.25, -0.2) is 13.1 Å². The van der Waals surface area contributed by atoms with Crippen molar-refractivity contribution in [3.8, 4) is 0 Å². The molecule has 0 saturated heterocycles. The zero-order valence-electron chi connectivity index (χ0n) is 10.3. The van der Waals surface area contributed by atoms with Crippen LogP contribution in [0.2, 0.25) is 5.02 Å². The molecule has 0 atom stereocenters. The Balaban J connectivity index is 2.07. The number of hydrogen-bond donors (Lipinski definition) is 2. The van der Waals surface area contributed by atoms with E-state index in [4.69, 9.17) is 16.7 Å². The van der Waals surface area contributed by atoms with Gasteiger partial charge in [-0.15, -0.1) is 0 Å². The molecule has 2 N–H and O–H groups in total. The fourth-order valence-corrected chi connectivity index (χ4v) is 3.45. The number of nitrogens with one attached hydrogen (secondary N) is 1. The molecule has 1 aliphatic carbocycles. The van der Waals surface area contributed by atoms with Crippen molar-refractivity contribution in [2.45, 2.75) is 30.7 Å². The van der Waals surface area contributed by atoms with E-state index >= 15 is 0 Å². The molecule has 0 heterocycles. The van der Waals surface area contributed by atoms with Crippen LogP contribution in [0.4, 0.5) is 0 Å². The number of halogens is 1. The van der Waals surface area contributed by atoms with Crippen molar-refractivity contribution in [2.24, 2.45) is 5.92 Å². The molecule has 19 heavy (non-hydrogen) atoms. The van der Waals surface area contributed by atoms with E-state index in [0.717, 1.165) is 0 Å². The first-order valence-electron chi connectivity index (χ1n) is 5.81. The van der Waals surface area contributed by atoms with E-state index in [1.165, 1.54) is 18.2 Å². The normalized spacial score (nSPS) is 22.8. The van der Waals surface area contributed by atoms with Crippen LogP contribution < -0.4 is 4.72 Å². The Morgan fingerprint density at radius 1 is 1.42 bits per heavy atom. The van der Waals surface area contributed by atoms with Gasteiger partial charge in [0.1, 0.15) is 0 Å². The highest BCUT2D eigenvalue weighted by Gasteiger charge is 2.36. The fraction of sp³-hybridized carbons (Fsp3) is 0.417. The summed E-state index contributed by atoms with van der Waals surface area (Å²) in [5.74, 6) is -1.32. The number of benzene rings is 1. The molecule has 7 heteroatoms. The lowest BCUT2D eigenvalue weighted by Gasteiger charge is -2.32. The van der Waals surface area contributed by atoms with Crippen LogP contribution in [0.25, 0.3) is 0 Å². The highest BCUT2D eigenvalue weighted by Crippen LogP contribution is 2.29.